The van der Waals surface area contributed by atoms with Gasteiger partial charge in [-0.15, -0.1) is 0 Å². The Bertz CT molecular complexity index is 3760. The summed E-state index contributed by atoms with van der Waals surface area (Å²) >= 11 is 0. The Kier molecular flexibility index (Phi) is 9.95. The SMILES string of the molecule is CC1CC2CC(C)C3(c4ccccc4-c4ccc(-c5ccc(-c6nc(-c7ccccc7)nc(-c7ccccc7)n6)c6c5oc5cc(-c7nc(-c8ccccc8)nc(-c8ccccc8)n7)ccc56)cc43)C(C1)C2. The summed E-state index contributed by atoms with van der Waals surface area (Å²) in [6, 6.07) is 67.8. The lowest BCUT2D eigenvalue weighted by atomic mass is 9.49. The van der Waals surface area contributed by atoms with Crippen LogP contribution < -0.4 is 0 Å². The number of aromatic nitrogens is 6. The van der Waals surface area contributed by atoms with Crippen LogP contribution >= 0.6 is 0 Å². The third kappa shape index (κ3) is 6.85. The smallest absolute Gasteiger partial charge is 0.164 e. The molecule has 346 valence electrons. The van der Waals surface area contributed by atoms with Crippen LogP contribution in [0, 0.1) is 23.7 Å². The molecule has 0 amide bonds. The van der Waals surface area contributed by atoms with E-state index in [4.69, 9.17) is 34.3 Å². The second kappa shape index (κ2) is 16.9. The maximum Gasteiger partial charge on any atom is 0.164 e. The Balaban J connectivity index is 0.999. The van der Waals surface area contributed by atoms with Crippen LogP contribution in [0.4, 0.5) is 0 Å². The van der Waals surface area contributed by atoms with Crippen LogP contribution in [0.5, 0.6) is 0 Å². The van der Waals surface area contributed by atoms with Gasteiger partial charge in [-0.1, -0.05) is 178 Å². The summed E-state index contributed by atoms with van der Waals surface area (Å²) in [6.45, 7) is 5.02. The molecule has 3 aromatic heterocycles. The predicted octanol–water partition coefficient (Wildman–Crippen LogP) is 16.0. The zero-order chi connectivity index (χ0) is 47.9. The van der Waals surface area contributed by atoms with Gasteiger partial charge in [-0.25, -0.2) is 29.9 Å². The first-order chi connectivity index (χ1) is 35.5. The van der Waals surface area contributed by atoms with E-state index < -0.39 is 0 Å². The summed E-state index contributed by atoms with van der Waals surface area (Å²) < 4.78 is 7.30. The molecule has 14 rings (SSSR count). The molecule has 7 heteroatoms. The van der Waals surface area contributed by atoms with E-state index in [-0.39, 0.29) is 5.41 Å². The van der Waals surface area contributed by atoms with Crippen molar-refractivity contribution in [3.05, 3.63) is 205 Å². The number of fused-ring (bicyclic) bond motifs is 11. The van der Waals surface area contributed by atoms with E-state index in [1.165, 1.54) is 47.9 Å². The summed E-state index contributed by atoms with van der Waals surface area (Å²) in [4.78, 5) is 30.8. The van der Waals surface area contributed by atoms with Crippen LogP contribution in [0.2, 0.25) is 0 Å². The van der Waals surface area contributed by atoms with Crippen molar-refractivity contribution in [2.75, 3.05) is 0 Å². The van der Waals surface area contributed by atoms with Crippen molar-refractivity contribution in [3.63, 3.8) is 0 Å². The van der Waals surface area contributed by atoms with Gasteiger partial charge in [0.05, 0.1) is 0 Å². The molecule has 3 heterocycles. The van der Waals surface area contributed by atoms with Gasteiger partial charge in [0, 0.05) is 55.1 Å². The Morgan fingerprint density at radius 2 is 0.875 bits per heavy atom. The second-order valence-corrected chi connectivity index (χ2v) is 20.4. The van der Waals surface area contributed by atoms with Gasteiger partial charge < -0.3 is 4.42 Å². The molecule has 11 aromatic rings. The van der Waals surface area contributed by atoms with E-state index in [2.05, 4.69) is 111 Å². The van der Waals surface area contributed by atoms with Gasteiger partial charge >= 0.3 is 0 Å². The Morgan fingerprint density at radius 3 is 1.47 bits per heavy atom. The van der Waals surface area contributed by atoms with Crippen molar-refractivity contribution in [1.29, 1.82) is 0 Å². The Hall–Kier alpha value is -8.42. The molecule has 3 aliphatic carbocycles. The van der Waals surface area contributed by atoms with Crippen molar-refractivity contribution in [2.24, 2.45) is 23.7 Å². The van der Waals surface area contributed by atoms with Crippen molar-refractivity contribution in [1.82, 2.24) is 29.9 Å². The van der Waals surface area contributed by atoms with Gasteiger partial charge in [0.1, 0.15) is 11.2 Å². The molecule has 0 aliphatic heterocycles. The van der Waals surface area contributed by atoms with E-state index in [1.54, 1.807) is 0 Å². The minimum atomic E-state index is -0.0523. The number of hydrogen-bond acceptors (Lipinski definition) is 7. The van der Waals surface area contributed by atoms with Crippen LogP contribution in [-0.4, -0.2) is 29.9 Å². The van der Waals surface area contributed by atoms with Crippen molar-refractivity contribution < 1.29 is 4.42 Å². The molecular weight excluding hydrogens is 881 g/mol. The molecule has 7 nitrogen and oxygen atoms in total. The first-order valence-corrected chi connectivity index (χ1v) is 25.4. The number of benzene rings is 8. The lowest BCUT2D eigenvalue weighted by Crippen LogP contribution is -2.49. The average Bonchev–Trinajstić information content (AvgIpc) is 3.97. The maximum absolute atomic E-state index is 7.30. The zero-order valence-corrected chi connectivity index (χ0v) is 40.2. The lowest BCUT2D eigenvalue weighted by Gasteiger charge is -2.54. The molecule has 0 radical (unpaired) electrons. The predicted molar refractivity (Wildman–Crippen MR) is 289 cm³/mol. The van der Waals surface area contributed by atoms with Crippen LogP contribution in [0.1, 0.15) is 50.7 Å². The number of rotatable bonds is 7. The van der Waals surface area contributed by atoms with E-state index in [0.29, 0.717) is 52.4 Å². The molecule has 5 unspecified atom stereocenters. The lowest BCUT2D eigenvalue weighted by molar-refractivity contribution is 0.0426. The quantitative estimate of drug-likeness (QED) is 0.157. The highest BCUT2D eigenvalue weighted by atomic mass is 16.3. The summed E-state index contributed by atoms with van der Waals surface area (Å²) in [5.41, 5.74) is 14.7. The monoisotopic (exact) mass is 930 g/mol. The van der Waals surface area contributed by atoms with E-state index in [0.717, 1.165) is 72.7 Å². The number of furan rings is 1. The fourth-order valence-electron chi connectivity index (χ4n) is 13.2. The van der Waals surface area contributed by atoms with Gasteiger partial charge in [-0.05, 0) is 108 Å². The Morgan fingerprint density at radius 1 is 0.389 bits per heavy atom. The molecule has 0 saturated heterocycles. The van der Waals surface area contributed by atoms with Gasteiger partial charge in [0.2, 0.25) is 0 Å². The van der Waals surface area contributed by atoms with Crippen LogP contribution in [0.25, 0.3) is 113 Å². The second-order valence-electron chi connectivity index (χ2n) is 20.4. The molecule has 2 bridgehead atoms. The Labute approximate surface area is 418 Å². The van der Waals surface area contributed by atoms with Crippen LogP contribution in [0.15, 0.2) is 199 Å². The fourth-order valence-corrected chi connectivity index (χ4v) is 13.2. The summed E-state index contributed by atoms with van der Waals surface area (Å²) in [5.74, 6) is 6.17. The molecule has 2 saturated carbocycles. The van der Waals surface area contributed by atoms with E-state index in [1.807, 2.05) is 97.1 Å². The minimum absolute atomic E-state index is 0.0523. The zero-order valence-electron chi connectivity index (χ0n) is 40.2. The first-order valence-electron chi connectivity index (χ1n) is 25.4. The topological polar surface area (TPSA) is 90.5 Å². The molecule has 1 spiro atoms. The van der Waals surface area contributed by atoms with Gasteiger partial charge in [0.25, 0.3) is 0 Å². The maximum atomic E-state index is 7.30. The van der Waals surface area contributed by atoms with Gasteiger partial charge in [-0.2, -0.15) is 0 Å². The normalized spacial score (nSPS) is 19.9. The highest BCUT2D eigenvalue weighted by Gasteiger charge is 2.56. The minimum Gasteiger partial charge on any atom is -0.455 e. The molecule has 72 heavy (non-hydrogen) atoms. The molecule has 3 aliphatic rings. The largest absolute Gasteiger partial charge is 0.455 e. The first kappa shape index (κ1) is 42.5. The van der Waals surface area contributed by atoms with E-state index in [9.17, 15) is 0 Å². The van der Waals surface area contributed by atoms with Crippen molar-refractivity contribution in [3.8, 4) is 90.6 Å². The molecule has 0 N–H and O–H groups in total. The average molecular weight is 931 g/mol. The summed E-state index contributed by atoms with van der Waals surface area (Å²) in [7, 11) is 0. The molecule has 2 fully saturated rings. The summed E-state index contributed by atoms with van der Waals surface area (Å²) in [5, 5.41) is 1.89. The van der Waals surface area contributed by atoms with Gasteiger partial charge in [0.15, 0.2) is 34.9 Å². The van der Waals surface area contributed by atoms with Crippen molar-refractivity contribution in [2.45, 2.75) is 44.9 Å². The number of nitrogens with zero attached hydrogens (tertiary/aromatic N) is 6. The standard InChI is InChI=1S/C65H50N6O/c1-39-33-41-35-40(2)65(48(34-39)36-41)54-26-16-15-25-50(54)51-29-27-46(37-55(51)65)49-31-32-53(64-70-61(44-21-11-5-12-22-44)67-62(71-64)45-23-13-6-14-24-45)57-52-30-28-47(38-56(52)72-58(49)57)63-68-59(42-17-7-3-8-18-42)66-60(69-63)43-19-9-4-10-20-43/h3-32,37-41,48H,33-36H2,1-2H3. The van der Waals surface area contributed by atoms with Gasteiger partial charge in [-0.3, -0.25) is 0 Å². The molecule has 8 aromatic carbocycles. The fraction of sp³-hybridized carbons (Fsp3) is 0.169. The van der Waals surface area contributed by atoms with E-state index >= 15 is 0 Å². The highest BCUT2D eigenvalue weighted by molar-refractivity contribution is 6.16. The molecular formula is C65H50N6O. The number of hydrogen-bond donors (Lipinski definition) is 0. The third-order valence-corrected chi connectivity index (χ3v) is 16.1. The highest BCUT2D eigenvalue weighted by Crippen LogP contribution is 2.65. The van der Waals surface area contributed by atoms with Crippen LogP contribution in [0.3, 0.4) is 0 Å². The third-order valence-electron chi connectivity index (χ3n) is 16.1. The summed E-state index contributed by atoms with van der Waals surface area (Å²) in [6.07, 6.45) is 5.15. The molecule has 5 atom stereocenters. The van der Waals surface area contributed by atoms with Crippen LogP contribution in [-0.2, 0) is 5.41 Å². The van der Waals surface area contributed by atoms with Crippen molar-refractivity contribution >= 4 is 21.9 Å².